The summed E-state index contributed by atoms with van der Waals surface area (Å²) in [7, 11) is 0. The SMILES string of the molecule is C=C(F)C(=O)O.C=C(F)C(=O)O.OCC(O)CCC(C(F)(F)F)C(F)(F)F. The molecule has 1 unspecified atom stereocenters. The first-order valence-corrected chi connectivity index (χ1v) is 6.45. The van der Waals surface area contributed by atoms with Gasteiger partial charge in [-0.05, 0) is 12.8 Å². The van der Waals surface area contributed by atoms with Crippen molar-refractivity contribution in [1.29, 1.82) is 0 Å². The van der Waals surface area contributed by atoms with E-state index in [0.29, 0.717) is 0 Å². The van der Waals surface area contributed by atoms with Gasteiger partial charge < -0.3 is 20.4 Å². The minimum atomic E-state index is -5.38. The van der Waals surface area contributed by atoms with Crippen molar-refractivity contribution in [3.05, 3.63) is 24.8 Å². The maximum absolute atomic E-state index is 11.9. The molecule has 0 aromatic carbocycles. The fourth-order valence-corrected chi connectivity index (χ4v) is 0.963. The van der Waals surface area contributed by atoms with Gasteiger partial charge in [0, 0.05) is 0 Å². The summed E-state index contributed by atoms with van der Waals surface area (Å²) in [5.74, 6) is -9.30. The second-order valence-corrected chi connectivity index (χ2v) is 4.47. The molecule has 0 radical (unpaired) electrons. The van der Waals surface area contributed by atoms with Crippen molar-refractivity contribution in [3.63, 3.8) is 0 Å². The summed E-state index contributed by atoms with van der Waals surface area (Å²) in [4.78, 5) is 18.4. The summed E-state index contributed by atoms with van der Waals surface area (Å²) in [5, 5.41) is 31.9. The molecule has 0 saturated carbocycles. The van der Waals surface area contributed by atoms with Gasteiger partial charge in [-0.25, -0.2) is 9.59 Å². The van der Waals surface area contributed by atoms with Crippen LogP contribution in [0.5, 0.6) is 0 Å². The zero-order valence-corrected chi connectivity index (χ0v) is 13.3. The molecule has 0 heterocycles. The zero-order valence-electron chi connectivity index (χ0n) is 13.3. The smallest absolute Gasteiger partial charge is 0.400 e. The van der Waals surface area contributed by atoms with Crippen LogP contribution in [-0.4, -0.2) is 57.4 Å². The second kappa shape index (κ2) is 13.0. The molecule has 0 aliphatic heterocycles. The monoisotopic (exact) mass is 420 g/mol. The number of aliphatic hydroxyl groups excluding tert-OH is 2. The average molecular weight is 420 g/mol. The van der Waals surface area contributed by atoms with E-state index in [1.54, 1.807) is 0 Å². The number of carboxylic acid groups (broad SMARTS) is 2. The highest BCUT2D eigenvalue weighted by molar-refractivity contribution is 5.83. The lowest BCUT2D eigenvalue weighted by Crippen LogP contribution is -2.37. The van der Waals surface area contributed by atoms with Crippen molar-refractivity contribution in [1.82, 2.24) is 0 Å². The van der Waals surface area contributed by atoms with Crippen LogP contribution in [-0.2, 0) is 9.59 Å². The number of hydrogen-bond acceptors (Lipinski definition) is 4. The molecule has 0 spiro atoms. The zero-order chi connectivity index (χ0) is 22.6. The van der Waals surface area contributed by atoms with Gasteiger partial charge >= 0.3 is 24.3 Å². The molecule has 4 N–H and O–H groups in total. The average Bonchev–Trinajstić information content (AvgIpc) is 2.45. The standard InChI is InChI=1S/C7H10F6O2.2C3H3FO2/c8-6(9,10)5(7(11,12)13)2-1-4(15)3-14;2*1-2(4)3(5)6/h4-5,14-15H,1-3H2;2*1H2,(H,5,6). The van der Waals surface area contributed by atoms with Crippen LogP contribution >= 0.6 is 0 Å². The van der Waals surface area contributed by atoms with E-state index in [-0.39, 0.29) is 0 Å². The summed E-state index contributed by atoms with van der Waals surface area (Å²) in [6, 6.07) is 0. The van der Waals surface area contributed by atoms with Gasteiger partial charge in [0.05, 0.1) is 12.7 Å². The molecule has 0 aromatic heterocycles. The highest BCUT2D eigenvalue weighted by Crippen LogP contribution is 2.42. The van der Waals surface area contributed by atoms with E-state index in [1.165, 1.54) is 0 Å². The molecule has 27 heavy (non-hydrogen) atoms. The van der Waals surface area contributed by atoms with Crippen LogP contribution in [0, 0.1) is 5.92 Å². The Morgan fingerprint density at radius 3 is 1.22 bits per heavy atom. The van der Waals surface area contributed by atoms with Gasteiger partial charge in [0.25, 0.3) is 0 Å². The molecule has 0 aliphatic rings. The predicted molar refractivity (Wildman–Crippen MR) is 73.7 cm³/mol. The van der Waals surface area contributed by atoms with Crippen LogP contribution in [0.1, 0.15) is 12.8 Å². The number of alkyl halides is 6. The summed E-state index contributed by atoms with van der Waals surface area (Å²) >= 11 is 0. The first kappa shape index (κ1) is 29.5. The first-order chi connectivity index (χ1) is 11.9. The Balaban J connectivity index is -0.000000394. The second-order valence-electron chi connectivity index (χ2n) is 4.47. The third-order valence-corrected chi connectivity index (χ3v) is 2.25. The van der Waals surface area contributed by atoms with Crippen molar-refractivity contribution in [2.24, 2.45) is 5.92 Å². The number of carbonyl (C=O) groups is 2. The number of aliphatic carboxylic acids is 2. The van der Waals surface area contributed by atoms with E-state index in [0.717, 1.165) is 0 Å². The van der Waals surface area contributed by atoms with E-state index in [4.69, 9.17) is 20.4 Å². The summed E-state index contributed by atoms with van der Waals surface area (Å²) in [6.07, 6.45) is -14.4. The highest BCUT2D eigenvalue weighted by Gasteiger charge is 2.55. The van der Waals surface area contributed by atoms with Gasteiger partial charge in [-0.15, -0.1) is 0 Å². The molecule has 0 fully saturated rings. The first-order valence-electron chi connectivity index (χ1n) is 6.45. The predicted octanol–water partition coefficient (Wildman–Crippen LogP) is 2.97. The molecular weight excluding hydrogens is 404 g/mol. The Kier molecular flexibility index (Phi) is 14.3. The molecule has 0 aromatic rings. The maximum atomic E-state index is 11.9. The van der Waals surface area contributed by atoms with Crippen LogP contribution in [0.25, 0.3) is 0 Å². The van der Waals surface area contributed by atoms with Gasteiger partial charge in [-0.3, -0.25) is 0 Å². The summed E-state index contributed by atoms with van der Waals surface area (Å²) in [5.41, 5.74) is 0. The lowest BCUT2D eigenvalue weighted by molar-refractivity contribution is -0.286. The van der Waals surface area contributed by atoms with Gasteiger partial charge in [0.2, 0.25) is 11.7 Å². The molecule has 1 atom stereocenters. The highest BCUT2D eigenvalue weighted by atomic mass is 19.4. The van der Waals surface area contributed by atoms with Crippen LogP contribution in [0.2, 0.25) is 0 Å². The van der Waals surface area contributed by atoms with Crippen LogP contribution in [0.4, 0.5) is 35.1 Å². The third-order valence-electron chi connectivity index (χ3n) is 2.25. The lowest BCUT2D eigenvalue weighted by Gasteiger charge is -2.23. The van der Waals surface area contributed by atoms with Crippen molar-refractivity contribution in [2.75, 3.05) is 6.61 Å². The van der Waals surface area contributed by atoms with E-state index < -0.39 is 67.4 Å². The van der Waals surface area contributed by atoms with E-state index >= 15 is 0 Å². The van der Waals surface area contributed by atoms with Crippen molar-refractivity contribution < 1.29 is 65.1 Å². The topological polar surface area (TPSA) is 115 Å². The minimum absolute atomic E-state index is 0.750. The van der Waals surface area contributed by atoms with Gasteiger partial charge in [-0.1, -0.05) is 13.2 Å². The lowest BCUT2D eigenvalue weighted by atomic mass is 10.00. The Morgan fingerprint density at radius 1 is 0.815 bits per heavy atom. The molecule has 160 valence electrons. The van der Waals surface area contributed by atoms with Crippen molar-refractivity contribution in [3.8, 4) is 0 Å². The number of rotatable bonds is 6. The van der Waals surface area contributed by atoms with Crippen LogP contribution < -0.4 is 0 Å². The molecule has 0 rings (SSSR count). The van der Waals surface area contributed by atoms with Crippen LogP contribution in [0.15, 0.2) is 24.8 Å². The van der Waals surface area contributed by atoms with Crippen molar-refractivity contribution >= 4 is 11.9 Å². The third kappa shape index (κ3) is 18.4. The number of hydrogen-bond donors (Lipinski definition) is 4. The molecule has 0 amide bonds. The molecule has 6 nitrogen and oxygen atoms in total. The van der Waals surface area contributed by atoms with E-state index in [1.807, 2.05) is 0 Å². The fourth-order valence-electron chi connectivity index (χ4n) is 0.963. The number of carboxylic acids is 2. The molecule has 0 bridgehead atoms. The minimum Gasteiger partial charge on any atom is -0.476 e. The number of halogens is 8. The van der Waals surface area contributed by atoms with Gasteiger partial charge in [-0.2, -0.15) is 35.1 Å². The van der Waals surface area contributed by atoms with Crippen LogP contribution in [0.3, 0.4) is 0 Å². The van der Waals surface area contributed by atoms with E-state index in [9.17, 15) is 44.7 Å². The molecular formula is C13H16F8O6. The Labute approximate surface area is 147 Å². The summed E-state index contributed by atoms with van der Waals surface area (Å²) < 4.78 is 93.5. The summed E-state index contributed by atoms with van der Waals surface area (Å²) in [6.45, 7) is 4.12. The fraction of sp³-hybridized carbons (Fsp3) is 0.538. The quantitative estimate of drug-likeness (QED) is 0.388. The molecule has 0 saturated heterocycles. The Morgan fingerprint density at radius 2 is 1.07 bits per heavy atom. The Bertz CT molecular complexity index is 438. The number of aliphatic hydroxyl groups is 2. The maximum Gasteiger partial charge on any atom is 0.400 e. The molecule has 14 heteroatoms. The van der Waals surface area contributed by atoms with Gasteiger partial charge in [0.1, 0.15) is 0 Å². The normalized spacial score (nSPS) is 12.1. The van der Waals surface area contributed by atoms with E-state index in [2.05, 4.69) is 13.2 Å². The van der Waals surface area contributed by atoms with Crippen molar-refractivity contribution in [2.45, 2.75) is 31.3 Å². The van der Waals surface area contributed by atoms with Gasteiger partial charge in [0.15, 0.2) is 5.92 Å². The molecule has 0 aliphatic carbocycles. The largest absolute Gasteiger partial charge is 0.476 e. The Hall–Kier alpha value is -2.22.